The fourth-order valence-electron chi connectivity index (χ4n) is 9.61. The number of hydrogen-bond acceptors (Lipinski definition) is 11. The summed E-state index contributed by atoms with van der Waals surface area (Å²) < 4.78 is 30.1. The normalized spacial score (nSPS) is 40.4. The smallest absolute Gasteiger partial charge is 0.329 e. The molecule has 1 aliphatic carbocycles. The van der Waals surface area contributed by atoms with E-state index in [1.165, 1.54) is 12.0 Å². The van der Waals surface area contributed by atoms with Crippen molar-refractivity contribution in [2.24, 2.45) is 29.6 Å². The van der Waals surface area contributed by atoms with E-state index in [2.05, 4.69) is 13.0 Å². The first kappa shape index (κ1) is 47.5. The molecule has 0 spiro atoms. The van der Waals surface area contributed by atoms with E-state index >= 15 is 0 Å². The number of Topliss-reactive ketones (excluding diaryl/α,β-unsaturated/α-hetero) is 2. The first-order valence-electron chi connectivity index (χ1n) is 21.2. The quantitative estimate of drug-likeness (QED) is 0.181. The van der Waals surface area contributed by atoms with E-state index in [0.717, 1.165) is 18.4 Å². The molecular weight excluding hydrogens is 754 g/mol. The molecule has 324 valence electrons. The van der Waals surface area contributed by atoms with Crippen LogP contribution in [-0.2, 0) is 42.9 Å². The van der Waals surface area contributed by atoms with Crippen LogP contribution in [0.15, 0.2) is 23.3 Å². The Balaban J connectivity index is 1.77. The van der Waals surface area contributed by atoms with Crippen molar-refractivity contribution in [2.75, 3.05) is 27.9 Å². The van der Waals surface area contributed by atoms with Gasteiger partial charge in [-0.3, -0.25) is 14.4 Å². The number of carbonyl (C=O) groups is 4. The number of piperidine rings is 1. The van der Waals surface area contributed by atoms with Crippen LogP contribution in [0.25, 0.3) is 0 Å². The molecule has 1 amide bonds. The maximum atomic E-state index is 14.3. The van der Waals surface area contributed by atoms with Crippen molar-refractivity contribution in [1.82, 2.24) is 4.90 Å². The van der Waals surface area contributed by atoms with Gasteiger partial charge in [-0.05, 0) is 100 Å². The Morgan fingerprint density at radius 3 is 2.26 bits per heavy atom. The van der Waals surface area contributed by atoms with Crippen LogP contribution >= 0.6 is 11.6 Å². The Bertz CT molecular complexity index is 1450. The third-order valence-electron chi connectivity index (χ3n) is 12.9. The van der Waals surface area contributed by atoms with Crippen LogP contribution in [0.4, 0.5) is 0 Å². The lowest BCUT2D eigenvalue weighted by atomic mass is 9.82. The summed E-state index contributed by atoms with van der Waals surface area (Å²) in [5.74, 6) is -5.77. The van der Waals surface area contributed by atoms with Gasteiger partial charge in [0, 0.05) is 46.1 Å². The Labute approximate surface area is 345 Å². The molecule has 12 nitrogen and oxygen atoms in total. The number of fused-ring (bicyclic) bond motifs is 3. The third-order valence-corrected chi connectivity index (χ3v) is 13.4. The van der Waals surface area contributed by atoms with Crippen molar-refractivity contribution in [2.45, 2.75) is 172 Å². The van der Waals surface area contributed by atoms with Crippen LogP contribution in [0.5, 0.6) is 0 Å². The number of cyclic esters (lactones) is 1. The van der Waals surface area contributed by atoms with Crippen molar-refractivity contribution in [3.05, 3.63) is 23.3 Å². The lowest BCUT2D eigenvalue weighted by Gasteiger charge is -2.39. The Hall–Kier alpha value is -2.19. The van der Waals surface area contributed by atoms with E-state index in [1.54, 1.807) is 28.1 Å². The first-order chi connectivity index (χ1) is 27.0. The van der Waals surface area contributed by atoms with Gasteiger partial charge in [0.05, 0.1) is 36.2 Å². The number of allylic oxidation sites excluding steroid dienone is 3. The molecule has 1 saturated carbocycles. The molecule has 0 radical (unpaired) electrons. The second-order valence-electron chi connectivity index (χ2n) is 17.5. The summed E-state index contributed by atoms with van der Waals surface area (Å²) in [7, 11) is 4.72. The zero-order valence-electron chi connectivity index (χ0n) is 35.7. The van der Waals surface area contributed by atoms with E-state index in [-0.39, 0.29) is 54.4 Å². The number of hydrogen-bond donors (Lipinski definition) is 2. The summed E-state index contributed by atoms with van der Waals surface area (Å²) in [4.78, 5) is 57.7. The van der Waals surface area contributed by atoms with Gasteiger partial charge in [-0.25, -0.2) is 4.79 Å². The summed E-state index contributed by atoms with van der Waals surface area (Å²) in [6, 6.07) is -1.00. The number of rotatable bonds is 6. The highest BCUT2D eigenvalue weighted by Gasteiger charge is 2.52. The summed E-state index contributed by atoms with van der Waals surface area (Å²) in [5, 5.41) is 23.7. The molecule has 2 bridgehead atoms. The van der Waals surface area contributed by atoms with E-state index in [0.29, 0.717) is 50.5 Å². The molecule has 13 heteroatoms. The largest absolute Gasteiger partial charge is 0.456 e. The summed E-state index contributed by atoms with van der Waals surface area (Å²) in [6.07, 6.45) is 4.70. The lowest BCUT2D eigenvalue weighted by Crippen LogP contribution is -2.55. The third kappa shape index (κ3) is 12.0. The van der Waals surface area contributed by atoms with E-state index in [4.69, 9.17) is 35.3 Å². The van der Waals surface area contributed by atoms with E-state index in [1.807, 2.05) is 26.8 Å². The predicted molar refractivity (Wildman–Crippen MR) is 216 cm³/mol. The van der Waals surface area contributed by atoms with Gasteiger partial charge in [-0.1, -0.05) is 46.8 Å². The fourth-order valence-corrected chi connectivity index (χ4v) is 9.95. The molecule has 0 aromatic rings. The standard InChI is InChI=1S/C44H70ClNO11/c1-10-31-18-25(2)17-26(3)19-37(54-8)41-38(55-9)21-28(5)42(50)44(52,57-41)24-39(49)46-16-12-11-13-33(46)43(51)56-40(29(6)34(47)23-35(31)48)27(4)20-30-14-15-32(45)36(22-30)53-7/h18,20,25-26,28-30,32-34,36-38,40-41,47,52H,10-17,19,21-24H2,1-9H3/t25?,26-,28+,29+,30-,32-,33-,34-,36+,37-,38-,40+,41+,44-/m0/s1. The fraction of sp³-hybridized carbons (Fsp3) is 0.818. The first-order valence-corrected chi connectivity index (χ1v) is 21.7. The van der Waals surface area contributed by atoms with E-state index < -0.39 is 78.3 Å². The second-order valence-corrected chi connectivity index (χ2v) is 18.0. The van der Waals surface area contributed by atoms with Gasteiger partial charge in [0.2, 0.25) is 11.7 Å². The predicted octanol–water partition coefficient (Wildman–Crippen LogP) is 6.11. The van der Waals surface area contributed by atoms with Crippen LogP contribution in [0, 0.1) is 29.6 Å². The molecule has 0 aromatic heterocycles. The number of halogens is 1. The van der Waals surface area contributed by atoms with Crippen molar-refractivity contribution in [3.63, 3.8) is 0 Å². The van der Waals surface area contributed by atoms with Gasteiger partial charge in [-0.2, -0.15) is 0 Å². The molecule has 4 aliphatic rings. The minimum atomic E-state index is -2.49. The molecule has 2 saturated heterocycles. The van der Waals surface area contributed by atoms with Gasteiger partial charge < -0.3 is 38.8 Å². The molecule has 3 fully saturated rings. The number of aliphatic hydroxyl groups excluding tert-OH is 1. The molecular formula is C44H70ClNO11. The topological polar surface area (TPSA) is 158 Å². The van der Waals surface area contributed by atoms with E-state index in [9.17, 15) is 29.4 Å². The lowest BCUT2D eigenvalue weighted by molar-refractivity contribution is -0.253. The van der Waals surface area contributed by atoms with Crippen molar-refractivity contribution < 1.29 is 53.1 Å². The minimum absolute atomic E-state index is 0.000195. The number of aliphatic hydroxyl groups is 2. The number of amides is 1. The molecule has 57 heavy (non-hydrogen) atoms. The van der Waals surface area contributed by atoms with Gasteiger partial charge in [0.1, 0.15) is 18.2 Å². The van der Waals surface area contributed by atoms with Crippen LogP contribution in [-0.4, -0.2) is 120 Å². The van der Waals surface area contributed by atoms with Crippen LogP contribution in [0.2, 0.25) is 0 Å². The minimum Gasteiger partial charge on any atom is -0.456 e. The van der Waals surface area contributed by atoms with Crippen molar-refractivity contribution in [3.8, 4) is 0 Å². The van der Waals surface area contributed by atoms with Gasteiger partial charge >= 0.3 is 5.97 Å². The van der Waals surface area contributed by atoms with Crippen molar-refractivity contribution in [1.29, 1.82) is 0 Å². The van der Waals surface area contributed by atoms with Gasteiger partial charge in [-0.15, -0.1) is 11.6 Å². The van der Waals surface area contributed by atoms with Gasteiger partial charge in [0.15, 0.2) is 11.6 Å². The Kier molecular flexibility index (Phi) is 17.8. The molecule has 4 rings (SSSR count). The maximum Gasteiger partial charge on any atom is 0.329 e. The van der Waals surface area contributed by atoms with Gasteiger partial charge in [0.25, 0.3) is 0 Å². The average Bonchev–Trinajstić information content (AvgIpc) is 3.27. The number of alkyl halides is 1. The van der Waals surface area contributed by atoms with Crippen molar-refractivity contribution >= 4 is 35.0 Å². The Morgan fingerprint density at radius 2 is 1.61 bits per heavy atom. The SMILES string of the molecule is CCC1=CC(C)C[C@H](C)C[C@H](OC)[C@H]2O[C@@](O)(CC(=O)N3CCCC[C@H]3C(=O)O[C@H](C(C)=C[C@@H]3CC[C@H](Cl)[C@H](OC)C3)[C@H](C)[C@@H](O)CC1=O)C(=O)[C@H](C)C[C@@H]2OC. The molecule has 14 atom stereocenters. The summed E-state index contributed by atoms with van der Waals surface area (Å²) in [5.41, 5.74) is 1.35. The zero-order valence-corrected chi connectivity index (χ0v) is 36.5. The van der Waals surface area contributed by atoms with Crippen LogP contribution < -0.4 is 0 Å². The van der Waals surface area contributed by atoms with Crippen LogP contribution in [0.1, 0.15) is 119 Å². The highest BCUT2D eigenvalue weighted by Crippen LogP contribution is 2.37. The molecule has 0 aromatic carbocycles. The Morgan fingerprint density at radius 1 is 0.947 bits per heavy atom. The molecule has 3 aliphatic heterocycles. The second kappa shape index (κ2) is 21.4. The summed E-state index contributed by atoms with van der Waals surface area (Å²) in [6.45, 7) is 11.6. The highest BCUT2D eigenvalue weighted by atomic mass is 35.5. The monoisotopic (exact) mass is 823 g/mol. The number of carbonyl (C=O) groups excluding carboxylic acids is 4. The summed E-state index contributed by atoms with van der Waals surface area (Å²) >= 11 is 6.53. The number of esters is 1. The molecule has 1 unspecified atom stereocenters. The number of nitrogens with zero attached hydrogens (tertiary/aromatic N) is 1. The number of ketones is 2. The average molecular weight is 824 g/mol. The zero-order chi connectivity index (χ0) is 42.2. The highest BCUT2D eigenvalue weighted by molar-refractivity contribution is 6.21. The van der Waals surface area contributed by atoms with Crippen LogP contribution in [0.3, 0.4) is 0 Å². The molecule has 2 N–H and O–H groups in total. The molecule has 3 heterocycles. The maximum absolute atomic E-state index is 14.3. The number of ether oxygens (including phenoxy) is 5. The number of methoxy groups -OCH3 is 3.